The quantitative estimate of drug-likeness (QED) is 0.380. The Labute approximate surface area is 175 Å². The lowest BCUT2D eigenvalue weighted by Gasteiger charge is -2.53. The Bertz CT molecular complexity index is 867. The minimum absolute atomic E-state index is 0.0160. The maximum absolute atomic E-state index is 13.4. The van der Waals surface area contributed by atoms with Gasteiger partial charge in [-0.2, -0.15) is 0 Å². The molecule has 4 bridgehead atoms. The first kappa shape index (κ1) is 20.0. The Kier molecular flexibility index (Phi) is 3.64. The lowest BCUT2D eigenvalue weighted by molar-refractivity contribution is -0.140. The Morgan fingerprint density at radius 3 is 2.07 bits per heavy atom. The maximum Gasteiger partial charge on any atom is 0.334 e. The van der Waals surface area contributed by atoms with E-state index in [2.05, 4.69) is 39.3 Å². The van der Waals surface area contributed by atoms with Crippen molar-refractivity contribution in [3.8, 4) is 0 Å². The van der Waals surface area contributed by atoms with Gasteiger partial charge in [0.05, 0.1) is 33.4 Å². The average molecular weight is 435 g/mol. The molecule has 0 aromatic rings. The number of carbonyl (C=O) groups is 2. The van der Waals surface area contributed by atoms with E-state index < -0.39 is 16.1 Å². The Morgan fingerprint density at radius 1 is 0.966 bits per heavy atom. The summed E-state index contributed by atoms with van der Waals surface area (Å²) >= 11 is 0. The number of epoxide rings is 1. The summed E-state index contributed by atoms with van der Waals surface area (Å²) in [5.41, 5.74) is 1.06. The lowest BCUT2D eigenvalue weighted by Crippen LogP contribution is -2.57. The van der Waals surface area contributed by atoms with Gasteiger partial charge < -0.3 is 14.2 Å². The van der Waals surface area contributed by atoms with Crippen molar-refractivity contribution in [3.63, 3.8) is 0 Å². The number of carbonyl (C=O) groups excluding carboxylic acids is 2. The molecule has 7 atom stereocenters. The molecule has 0 N–H and O–H groups in total. The summed E-state index contributed by atoms with van der Waals surface area (Å²) in [6, 6.07) is 0. The Morgan fingerprint density at radius 2 is 1.55 bits per heavy atom. The van der Waals surface area contributed by atoms with Crippen molar-refractivity contribution in [1.82, 2.24) is 0 Å². The van der Waals surface area contributed by atoms with Crippen LogP contribution >= 0.6 is 0 Å². The predicted octanol–water partition coefficient (Wildman–Crippen LogP) is 4.00. The zero-order valence-corrected chi connectivity index (χ0v) is 21.0. The highest BCUT2D eigenvalue weighted by atomic mass is 28.3. The van der Waals surface area contributed by atoms with E-state index in [9.17, 15) is 9.59 Å². The number of fused-ring (bicyclic) bond motifs is 4. The van der Waals surface area contributed by atoms with Crippen LogP contribution in [0.25, 0.3) is 0 Å². The third kappa shape index (κ3) is 1.73. The van der Waals surface area contributed by atoms with Crippen molar-refractivity contribution in [2.75, 3.05) is 14.2 Å². The van der Waals surface area contributed by atoms with Crippen molar-refractivity contribution in [2.24, 2.45) is 17.8 Å². The van der Waals surface area contributed by atoms with Gasteiger partial charge in [0.2, 0.25) is 0 Å². The number of ether oxygens (including phenoxy) is 3. The topological polar surface area (TPSA) is 65.1 Å². The molecule has 0 aromatic carbocycles. The van der Waals surface area contributed by atoms with Crippen molar-refractivity contribution in [1.29, 1.82) is 0 Å². The molecule has 5 aliphatic rings. The normalized spacial score (nSPS) is 46.6. The molecule has 3 saturated carbocycles. The maximum atomic E-state index is 13.4. The van der Waals surface area contributed by atoms with Gasteiger partial charge in [0.15, 0.2) is 0 Å². The minimum Gasteiger partial charge on any atom is -0.466 e. The molecular weight excluding hydrogens is 400 g/mol. The van der Waals surface area contributed by atoms with Gasteiger partial charge >= 0.3 is 11.9 Å². The summed E-state index contributed by atoms with van der Waals surface area (Å²) in [5, 5.41) is -0.369. The zero-order valence-electron chi connectivity index (χ0n) is 19.0. The summed E-state index contributed by atoms with van der Waals surface area (Å²) in [4.78, 5) is 26.6. The molecule has 5 nitrogen and oxygen atoms in total. The smallest absolute Gasteiger partial charge is 0.334 e. The van der Waals surface area contributed by atoms with Gasteiger partial charge in [-0.05, 0) is 36.6 Å². The van der Waals surface area contributed by atoms with Crippen molar-refractivity contribution < 1.29 is 23.8 Å². The molecule has 29 heavy (non-hydrogen) atoms. The molecule has 0 amide bonds. The Hall–Kier alpha value is -0.926. The number of esters is 2. The van der Waals surface area contributed by atoms with E-state index in [1.165, 1.54) is 33.5 Å². The van der Waals surface area contributed by atoms with E-state index in [0.717, 1.165) is 0 Å². The standard InChI is InChI=1S/C22H34O5Si2/c1-25-18(23)14-15-17(28(3,4)5)21(29(6,7)8,16(14)19(24)26-2)22-13-10-9-12(11-13)20(15,22)27-22/h12-13,15,17H,9-11H2,1-8H3/t12-,13-,15-,17+,20-,21+,22+/m0/s1. The van der Waals surface area contributed by atoms with E-state index in [-0.39, 0.29) is 34.1 Å². The first-order valence-corrected chi connectivity index (χ1v) is 18.1. The van der Waals surface area contributed by atoms with Crippen molar-refractivity contribution >= 4 is 28.1 Å². The lowest BCUT2D eigenvalue weighted by atomic mass is 9.68. The van der Waals surface area contributed by atoms with E-state index in [0.29, 0.717) is 28.5 Å². The van der Waals surface area contributed by atoms with Crippen LogP contribution in [0.1, 0.15) is 19.3 Å². The summed E-state index contributed by atoms with van der Waals surface area (Å²) < 4.78 is 17.6. The fourth-order valence-corrected chi connectivity index (χ4v) is 18.4. The molecule has 0 spiro atoms. The molecule has 0 unspecified atom stereocenters. The first-order valence-electron chi connectivity index (χ1n) is 11.0. The van der Waals surface area contributed by atoms with Gasteiger partial charge in [0.1, 0.15) is 11.2 Å². The molecule has 4 aliphatic carbocycles. The molecule has 1 aliphatic heterocycles. The highest BCUT2D eigenvalue weighted by molar-refractivity contribution is 6.87. The summed E-state index contributed by atoms with van der Waals surface area (Å²) in [6.45, 7) is 14.3. The van der Waals surface area contributed by atoms with Gasteiger partial charge in [-0.25, -0.2) is 9.59 Å². The third-order valence-corrected chi connectivity index (χ3v) is 15.4. The fourth-order valence-electron chi connectivity index (χ4n) is 9.11. The SMILES string of the molecule is COC(=O)C1=C(C(=O)OC)[C@@]2([Si](C)(C)C)[C@H]([Si](C)(C)C)[C@H]1[C@]13O[C@]12[C@H]1CC[C@H]3C1. The number of methoxy groups -OCH3 is 2. The number of hydrogen-bond donors (Lipinski definition) is 0. The van der Waals surface area contributed by atoms with Gasteiger partial charge in [-0.1, -0.05) is 39.3 Å². The van der Waals surface area contributed by atoms with Crippen LogP contribution in [0.15, 0.2) is 11.1 Å². The molecule has 0 radical (unpaired) electrons. The average Bonchev–Trinajstić information content (AvgIpc) is 2.95. The van der Waals surface area contributed by atoms with Crippen molar-refractivity contribution in [3.05, 3.63) is 11.1 Å². The van der Waals surface area contributed by atoms with Crippen LogP contribution in [0, 0.1) is 17.8 Å². The molecule has 4 fully saturated rings. The number of hydrogen-bond acceptors (Lipinski definition) is 5. The summed E-state index contributed by atoms with van der Waals surface area (Å²) in [5.74, 6) is 0.313. The minimum atomic E-state index is -2.06. The van der Waals surface area contributed by atoms with Crippen LogP contribution in [-0.2, 0) is 23.8 Å². The molecule has 5 rings (SSSR count). The predicted molar refractivity (Wildman–Crippen MR) is 115 cm³/mol. The summed E-state index contributed by atoms with van der Waals surface area (Å²) in [7, 11) is -0.984. The molecule has 7 heteroatoms. The second kappa shape index (κ2) is 5.27. The van der Waals surface area contributed by atoms with Crippen LogP contribution < -0.4 is 0 Å². The van der Waals surface area contributed by atoms with Crippen molar-refractivity contribution in [2.45, 2.75) is 80.3 Å². The fraction of sp³-hybridized carbons (Fsp3) is 0.818. The van der Waals surface area contributed by atoms with Gasteiger partial charge in [-0.15, -0.1) is 0 Å². The largest absolute Gasteiger partial charge is 0.466 e. The van der Waals surface area contributed by atoms with Crippen LogP contribution in [0.5, 0.6) is 0 Å². The van der Waals surface area contributed by atoms with Crippen LogP contribution in [0.2, 0.25) is 49.9 Å². The zero-order chi connectivity index (χ0) is 21.4. The van der Waals surface area contributed by atoms with E-state index >= 15 is 0 Å². The van der Waals surface area contributed by atoms with Crippen LogP contribution in [0.4, 0.5) is 0 Å². The van der Waals surface area contributed by atoms with E-state index in [4.69, 9.17) is 14.2 Å². The van der Waals surface area contributed by atoms with Gasteiger partial charge in [0, 0.05) is 19.0 Å². The van der Waals surface area contributed by atoms with Crippen LogP contribution in [0.3, 0.4) is 0 Å². The summed E-state index contributed by atoms with van der Waals surface area (Å²) in [6.07, 6.45) is 3.56. The molecule has 1 saturated heterocycles. The van der Waals surface area contributed by atoms with Gasteiger partial charge in [-0.3, -0.25) is 0 Å². The number of rotatable bonds is 4. The highest BCUT2D eigenvalue weighted by Crippen LogP contribution is 2.96. The second-order valence-corrected chi connectivity index (χ2v) is 22.6. The van der Waals surface area contributed by atoms with Crippen LogP contribution in [-0.4, -0.2) is 53.5 Å². The molecule has 160 valence electrons. The second-order valence-electron chi connectivity index (χ2n) is 12.0. The molecule has 0 aromatic heterocycles. The monoisotopic (exact) mass is 434 g/mol. The van der Waals surface area contributed by atoms with E-state index in [1.54, 1.807) is 0 Å². The molecule has 1 heterocycles. The Balaban J connectivity index is 1.91. The third-order valence-electron chi connectivity index (χ3n) is 9.22. The highest BCUT2D eigenvalue weighted by Gasteiger charge is 3.01. The van der Waals surface area contributed by atoms with E-state index in [1.807, 2.05) is 0 Å². The van der Waals surface area contributed by atoms with Gasteiger partial charge in [0.25, 0.3) is 0 Å². The molecular formula is C22H34O5Si2. The first-order chi connectivity index (χ1) is 13.4.